The standard InChI is InChI=1S/C13H23NO2/c1-6-14-12(13(2,3)4)11-8-7-10(16-11)9-15-5/h7-8,12,14H,6,9H2,1-5H3. The van der Waals surface area contributed by atoms with Gasteiger partial charge < -0.3 is 14.5 Å². The van der Waals surface area contributed by atoms with Gasteiger partial charge in [0.05, 0.1) is 6.04 Å². The van der Waals surface area contributed by atoms with Gasteiger partial charge in [-0.2, -0.15) is 0 Å². The lowest BCUT2D eigenvalue weighted by Gasteiger charge is -2.29. The second-order valence-electron chi connectivity index (χ2n) is 5.09. The molecule has 1 unspecified atom stereocenters. The van der Waals surface area contributed by atoms with Gasteiger partial charge in [0.1, 0.15) is 18.1 Å². The van der Waals surface area contributed by atoms with Crippen LogP contribution in [-0.4, -0.2) is 13.7 Å². The number of hydrogen-bond acceptors (Lipinski definition) is 3. The molecule has 0 amide bonds. The van der Waals surface area contributed by atoms with Gasteiger partial charge in [-0.05, 0) is 24.1 Å². The van der Waals surface area contributed by atoms with E-state index in [9.17, 15) is 0 Å². The molecule has 0 aliphatic rings. The van der Waals surface area contributed by atoms with Crippen LogP contribution in [0.2, 0.25) is 0 Å². The SMILES string of the molecule is CCNC(c1ccc(COC)o1)C(C)(C)C. The van der Waals surface area contributed by atoms with E-state index in [-0.39, 0.29) is 11.5 Å². The minimum atomic E-state index is 0.137. The molecule has 1 aromatic heterocycles. The number of hydrogen-bond donors (Lipinski definition) is 1. The summed E-state index contributed by atoms with van der Waals surface area (Å²) in [6.45, 7) is 10.2. The van der Waals surface area contributed by atoms with Gasteiger partial charge in [-0.15, -0.1) is 0 Å². The average Bonchev–Trinajstić information content (AvgIpc) is 2.61. The van der Waals surface area contributed by atoms with Crippen molar-refractivity contribution >= 4 is 0 Å². The normalized spacial score (nSPS) is 14.1. The quantitative estimate of drug-likeness (QED) is 0.836. The Labute approximate surface area is 98.2 Å². The van der Waals surface area contributed by atoms with Crippen molar-refractivity contribution in [2.75, 3.05) is 13.7 Å². The van der Waals surface area contributed by atoms with Crippen molar-refractivity contribution < 1.29 is 9.15 Å². The second kappa shape index (κ2) is 5.51. The molecule has 1 heterocycles. The molecule has 1 aromatic rings. The smallest absolute Gasteiger partial charge is 0.129 e. The molecule has 0 bridgehead atoms. The van der Waals surface area contributed by atoms with Crippen molar-refractivity contribution in [3.05, 3.63) is 23.7 Å². The summed E-state index contributed by atoms with van der Waals surface area (Å²) in [7, 11) is 1.67. The number of methoxy groups -OCH3 is 1. The molecule has 0 fully saturated rings. The summed E-state index contributed by atoms with van der Waals surface area (Å²) in [6.07, 6.45) is 0. The van der Waals surface area contributed by atoms with Gasteiger partial charge in [-0.1, -0.05) is 27.7 Å². The predicted molar refractivity (Wildman–Crippen MR) is 65.3 cm³/mol. The Kier molecular flexibility index (Phi) is 4.56. The predicted octanol–water partition coefficient (Wildman–Crippen LogP) is 3.12. The number of rotatable bonds is 5. The van der Waals surface area contributed by atoms with Crippen molar-refractivity contribution in [3.8, 4) is 0 Å². The van der Waals surface area contributed by atoms with Crippen molar-refractivity contribution in [2.24, 2.45) is 5.41 Å². The number of nitrogens with one attached hydrogen (secondary N) is 1. The van der Waals surface area contributed by atoms with Gasteiger partial charge in [-0.3, -0.25) is 0 Å². The molecule has 1 atom stereocenters. The first-order valence-electron chi connectivity index (χ1n) is 5.80. The number of ether oxygens (including phenoxy) is 1. The molecule has 0 saturated carbocycles. The van der Waals surface area contributed by atoms with Crippen LogP contribution in [-0.2, 0) is 11.3 Å². The summed E-state index contributed by atoms with van der Waals surface area (Å²) in [5.74, 6) is 1.87. The zero-order valence-electron chi connectivity index (χ0n) is 11.0. The van der Waals surface area contributed by atoms with E-state index in [1.165, 1.54) is 0 Å². The molecule has 0 aromatic carbocycles. The third-order valence-corrected chi connectivity index (χ3v) is 2.53. The van der Waals surface area contributed by atoms with Crippen LogP contribution in [0.1, 0.15) is 45.3 Å². The fourth-order valence-corrected chi connectivity index (χ4v) is 1.81. The van der Waals surface area contributed by atoms with E-state index < -0.39 is 0 Å². The van der Waals surface area contributed by atoms with Crippen LogP contribution >= 0.6 is 0 Å². The third-order valence-electron chi connectivity index (χ3n) is 2.53. The van der Waals surface area contributed by atoms with E-state index >= 15 is 0 Å². The van der Waals surface area contributed by atoms with E-state index in [1.807, 2.05) is 12.1 Å². The van der Waals surface area contributed by atoms with Crippen molar-refractivity contribution in [1.29, 1.82) is 0 Å². The first kappa shape index (κ1) is 13.3. The lowest BCUT2D eigenvalue weighted by molar-refractivity contribution is 0.156. The minimum Gasteiger partial charge on any atom is -0.462 e. The molecule has 0 aliphatic carbocycles. The van der Waals surface area contributed by atoms with Crippen molar-refractivity contribution in [2.45, 2.75) is 40.3 Å². The Morgan fingerprint density at radius 2 is 2.06 bits per heavy atom. The van der Waals surface area contributed by atoms with Crippen LogP contribution < -0.4 is 5.32 Å². The van der Waals surface area contributed by atoms with Crippen LogP contribution in [0.4, 0.5) is 0 Å². The van der Waals surface area contributed by atoms with Gasteiger partial charge in [-0.25, -0.2) is 0 Å². The summed E-state index contributed by atoms with van der Waals surface area (Å²) in [5, 5.41) is 3.46. The summed E-state index contributed by atoms with van der Waals surface area (Å²) in [4.78, 5) is 0. The Bertz CT molecular complexity index is 312. The van der Waals surface area contributed by atoms with E-state index in [2.05, 4.69) is 33.0 Å². The molecule has 92 valence electrons. The lowest BCUT2D eigenvalue weighted by atomic mass is 9.85. The molecule has 0 aliphatic heterocycles. The first-order chi connectivity index (χ1) is 7.49. The summed E-state index contributed by atoms with van der Waals surface area (Å²) in [5.41, 5.74) is 0.137. The maximum Gasteiger partial charge on any atom is 0.129 e. The average molecular weight is 225 g/mol. The van der Waals surface area contributed by atoms with Crippen LogP contribution in [0.15, 0.2) is 16.5 Å². The molecule has 1 N–H and O–H groups in total. The Morgan fingerprint density at radius 3 is 2.56 bits per heavy atom. The molecule has 0 spiro atoms. The Morgan fingerprint density at radius 1 is 1.38 bits per heavy atom. The van der Waals surface area contributed by atoms with Gasteiger partial charge in [0.25, 0.3) is 0 Å². The van der Waals surface area contributed by atoms with Gasteiger partial charge in [0.2, 0.25) is 0 Å². The largest absolute Gasteiger partial charge is 0.462 e. The molecule has 3 heteroatoms. The van der Waals surface area contributed by atoms with E-state index in [0.29, 0.717) is 6.61 Å². The van der Waals surface area contributed by atoms with Gasteiger partial charge in [0, 0.05) is 7.11 Å². The fourth-order valence-electron chi connectivity index (χ4n) is 1.81. The fraction of sp³-hybridized carbons (Fsp3) is 0.692. The second-order valence-corrected chi connectivity index (χ2v) is 5.09. The van der Waals surface area contributed by atoms with Crippen molar-refractivity contribution in [3.63, 3.8) is 0 Å². The Hall–Kier alpha value is -0.800. The molecule has 1 rings (SSSR count). The van der Waals surface area contributed by atoms with Crippen LogP contribution in [0.3, 0.4) is 0 Å². The summed E-state index contributed by atoms with van der Waals surface area (Å²) >= 11 is 0. The molecule has 3 nitrogen and oxygen atoms in total. The minimum absolute atomic E-state index is 0.137. The van der Waals surface area contributed by atoms with Crippen LogP contribution in [0, 0.1) is 5.41 Å². The molecular weight excluding hydrogens is 202 g/mol. The first-order valence-corrected chi connectivity index (χ1v) is 5.80. The zero-order valence-corrected chi connectivity index (χ0v) is 11.0. The molecular formula is C13H23NO2. The summed E-state index contributed by atoms with van der Waals surface area (Å²) in [6, 6.07) is 4.25. The van der Waals surface area contributed by atoms with Crippen molar-refractivity contribution in [1.82, 2.24) is 5.32 Å². The highest BCUT2D eigenvalue weighted by Gasteiger charge is 2.27. The van der Waals surface area contributed by atoms with E-state index in [0.717, 1.165) is 18.1 Å². The topological polar surface area (TPSA) is 34.4 Å². The lowest BCUT2D eigenvalue weighted by Crippen LogP contribution is -2.31. The van der Waals surface area contributed by atoms with Crippen LogP contribution in [0.25, 0.3) is 0 Å². The van der Waals surface area contributed by atoms with E-state index in [1.54, 1.807) is 7.11 Å². The van der Waals surface area contributed by atoms with Crippen LogP contribution in [0.5, 0.6) is 0 Å². The maximum atomic E-state index is 5.78. The van der Waals surface area contributed by atoms with Gasteiger partial charge in [0.15, 0.2) is 0 Å². The maximum absolute atomic E-state index is 5.78. The zero-order chi connectivity index (χ0) is 12.2. The molecule has 0 saturated heterocycles. The highest BCUT2D eigenvalue weighted by atomic mass is 16.5. The monoisotopic (exact) mass is 225 g/mol. The Balaban J connectivity index is 2.84. The van der Waals surface area contributed by atoms with Gasteiger partial charge >= 0.3 is 0 Å². The highest BCUT2D eigenvalue weighted by molar-refractivity contribution is 5.12. The molecule has 0 radical (unpaired) electrons. The third kappa shape index (κ3) is 3.35. The number of furan rings is 1. The highest BCUT2D eigenvalue weighted by Crippen LogP contribution is 2.33. The summed E-state index contributed by atoms with van der Waals surface area (Å²) < 4.78 is 10.8. The molecule has 16 heavy (non-hydrogen) atoms. The van der Waals surface area contributed by atoms with E-state index in [4.69, 9.17) is 9.15 Å².